The molecule has 0 radical (unpaired) electrons. The monoisotopic (exact) mass is 256 g/mol. The fourth-order valence-corrected chi connectivity index (χ4v) is 3.04. The van der Waals surface area contributed by atoms with Gasteiger partial charge >= 0.3 is 0 Å². The van der Waals surface area contributed by atoms with Crippen LogP contribution in [0.4, 0.5) is 0 Å². The van der Waals surface area contributed by atoms with Gasteiger partial charge in [0, 0.05) is 6.04 Å². The van der Waals surface area contributed by atoms with Crippen molar-refractivity contribution in [2.24, 2.45) is 0 Å². The van der Waals surface area contributed by atoms with Gasteiger partial charge in [0.15, 0.2) is 0 Å². The number of nitrogens with zero attached hydrogens (tertiary/aromatic N) is 2. The minimum absolute atomic E-state index is 0.103. The summed E-state index contributed by atoms with van der Waals surface area (Å²) in [6.45, 7) is 2.16. The number of benzene rings is 1. The molecule has 19 heavy (non-hydrogen) atoms. The van der Waals surface area contributed by atoms with Crippen LogP contribution in [0.15, 0.2) is 24.3 Å². The molecule has 2 rings (SSSR count). The van der Waals surface area contributed by atoms with Crippen molar-refractivity contribution < 1.29 is 0 Å². The SMILES string of the molecule is CCc1ccc(C(C#N)N(C)C2CCCCC2)cc1. The normalized spacial score (nSPS) is 18.2. The molecule has 1 aromatic carbocycles. The van der Waals surface area contributed by atoms with Gasteiger partial charge in [-0.05, 0) is 37.4 Å². The van der Waals surface area contributed by atoms with E-state index in [1.165, 1.54) is 37.7 Å². The first kappa shape index (κ1) is 14.1. The van der Waals surface area contributed by atoms with E-state index in [0.29, 0.717) is 6.04 Å². The van der Waals surface area contributed by atoms with Gasteiger partial charge in [0.2, 0.25) is 0 Å². The van der Waals surface area contributed by atoms with Gasteiger partial charge in [0.1, 0.15) is 6.04 Å². The van der Waals surface area contributed by atoms with Gasteiger partial charge < -0.3 is 0 Å². The molecule has 0 heterocycles. The lowest BCUT2D eigenvalue weighted by molar-refractivity contribution is 0.164. The molecule has 0 spiro atoms. The highest BCUT2D eigenvalue weighted by Gasteiger charge is 2.25. The summed E-state index contributed by atoms with van der Waals surface area (Å²) in [5.41, 5.74) is 2.47. The Hall–Kier alpha value is -1.33. The molecule has 0 amide bonds. The van der Waals surface area contributed by atoms with E-state index in [4.69, 9.17) is 0 Å². The highest BCUT2D eigenvalue weighted by Crippen LogP contribution is 2.28. The summed E-state index contributed by atoms with van der Waals surface area (Å²) in [6, 6.07) is 11.5. The molecule has 1 aliphatic rings. The summed E-state index contributed by atoms with van der Waals surface area (Å²) in [5, 5.41) is 9.52. The van der Waals surface area contributed by atoms with E-state index in [0.717, 1.165) is 12.0 Å². The standard InChI is InChI=1S/C17H24N2/c1-3-14-9-11-15(12-10-14)17(13-18)19(2)16-7-5-4-6-8-16/h9-12,16-17H,3-8H2,1-2H3. The molecular weight excluding hydrogens is 232 g/mol. The van der Waals surface area contributed by atoms with Crippen molar-refractivity contribution in [2.45, 2.75) is 57.5 Å². The van der Waals surface area contributed by atoms with Gasteiger partial charge in [-0.3, -0.25) is 4.90 Å². The zero-order valence-corrected chi connectivity index (χ0v) is 12.1. The molecule has 0 aliphatic heterocycles. The molecule has 0 bridgehead atoms. The molecule has 1 atom stereocenters. The minimum atomic E-state index is -0.103. The van der Waals surface area contributed by atoms with E-state index in [-0.39, 0.29) is 6.04 Å². The molecular formula is C17H24N2. The Morgan fingerprint density at radius 3 is 2.37 bits per heavy atom. The predicted molar refractivity (Wildman–Crippen MR) is 78.8 cm³/mol. The summed E-state index contributed by atoms with van der Waals surface area (Å²) in [6.07, 6.45) is 7.50. The molecule has 2 nitrogen and oxygen atoms in total. The molecule has 1 unspecified atom stereocenters. The minimum Gasteiger partial charge on any atom is -0.284 e. The van der Waals surface area contributed by atoms with Crippen molar-refractivity contribution in [3.05, 3.63) is 35.4 Å². The van der Waals surface area contributed by atoms with Gasteiger partial charge in [0.25, 0.3) is 0 Å². The molecule has 0 N–H and O–H groups in total. The molecule has 0 saturated heterocycles. The third kappa shape index (κ3) is 3.36. The Kier molecular flexibility index (Phi) is 4.99. The average Bonchev–Trinajstić information content (AvgIpc) is 2.49. The van der Waals surface area contributed by atoms with Crippen LogP contribution in [0.5, 0.6) is 0 Å². The van der Waals surface area contributed by atoms with Crippen molar-refractivity contribution in [1.82, 2.24) is 4.90 Å². The zero-order chi connectivity index (χ0) is 13.7. The van der Waals surface area contributed by atoms with Crippen molar-refractivity contribution >= 4 is 0 Å². The molecule has 1 aromatic rings. The third-order valence-corrected chi connectivity index (χ3v) is 4.38. The fraction of sp³-hybridized carbons (Fsp3) is 0.588. The Morgan fingerprint density at radius 2 is 1.84 bits per heavy atom. The topological polar surface area (TPSA) is 27.0 Å². The Balaban J connectivity index is 2.11. The second-order valence-electron chi connectivity index (χ2n) is 5.58. The second-order valence-corrected chi connectivity index (χ2v) is 5.58. The molecule has 1 saturated carbocycles. The Bertz CT molecular complexity index is 424. The Labute approximate surface area is 117 Å². The summed E-state index contributed by atoms with van der Waals surface area (Å²) in [4.78, 5) is 2.28. The van der Waals surface area contributed by atoms with Crippen LogP contribution in [-0.4, -0.2) is 18.0 Å². The maximum Gasteiger partial charge on any atom is 0.123 e. The summed E-state index contributed by atoms with van der Waals surface area (Å²) >= 11 is 0. The Morgan fingerprint density at radius 1 is 1.21 bits per heavy atom. The van der Waals surface area contributed by atoms with Crippen molar-refractivity contribution in [1.29, 1.82) is 5.26 Å². The van der Waals surface area contributed by atoms with Crippen LogP contribution in [0.1, 0.15) is 56.2 Å². The largest absolute Gasteiger partial charge is 0.284 e. The van der Waals surface area contributed by atoms with Gasteiger partial charge in [0.05, 0.1) is 6.07 Å². The zero-order valence-electron chi connectivity index (χ0n) is 12.1. The van der Waals surface area contributed by atoms with Crippen LogP contribution in [0.2, 0.25) is 0 Å². The third-order valence-electron chi connectivity index (χ3n) is 4.38. The molecule has 2 heteroatoms. The van der Waals surface area contributed by atoms with Crippen molar-refractivity contribution in [3.63, 3.8) is 0 Å². The predicted octanol–water partition coefficient (Wildman–Crippen LogP) is 4.08. The van der Waals surface area contributed by atoms with E-state index < -0.39 is 0 Å². The van der Waals surface area contributed by atoms with Crippen LogP contribution in [0, 0.1) is 11.3 Å². The molecule has 102 valence electrons. The lowest BCUT2D eigenvalue weighted by Gasteiger charge is -2.34. The number of nitriles is 1. The maximum atomic E-state index is 9.52. The van der Waals surface area contributed by atoms with Gasteiger partial charge in [-0.1, -0.05) is 50.5 Å². The highest BCUT2D eigenvalue weighted by atomic mass is 15.2. The van der Waals surface area contributed by atoms with Crippen LogP contribution in [0.3, 0.4) is 0 Å². The van der Waals surface area contributed by atoms with Crippen LogP contribution < -0.4 is 0 Å². The summed E-state index contributed by atoms with van der Waals surface area (Å²) in [5.74, 6) is 0. The maximum absolute atomic E-state index is 9.52. The quantitative estimate of drug-likeness (QED) is 0.811. The highest BCUT2D eigenvalue weighted by molar-refractivity contribution is 5.28. The molecule has 0 aromatic heterocycles. The van der Waals surface area contributed by atoms with Crippen LogP contribution >= 0.6 is 0 Å². The second kappa shape index (κ2) is 6.73. The first-order chi connectivity index (χ1) is 9.26. The van der Waals surface area contributed by atoms with Crippen molar-refractivity contribution in [3.8, 4) is 6.07 Å². The van der Waals surface area contributed by atoms with Gasteiger partial charge in [-0.25, -0.2) is 0 Å². The number of hydrogen-bond acceptors (Lipinski definition) is 2. The first-order valence-corrected chi connectivity index (χ1v) is 7.46. The lowest BCUT2D eigenvalue weighted by atomic mass is 9.92. The lowest BCUT2D eigenvalue weighted by Crippen LogP contribution is -2.36. The van der Waals surface area contributed by atoms with Gasteiger partial charge in [-0.2, -0.15) is 5.26 Å². The smallest absolute Gasteiger partial charge is 0.123 e. The summed E-state index contributed by atoms with van der Waals surface area (Å²) < 4.78 is 0. The number of rotatable bonds is 4. The van der Waals surface area contributed by atoms with E-state index in [9.17, 15) is 5.26 Å². The van der Waals surface area contributed by atoms with Gasteiger partial charge in [-0.15, -0.1) is 0 Å². The average molecular weight is 256 g/mol. The van der Waals surface area contributed by atoms with Crippen LogP contribution in [-0.2, 0) is 6.42 Å². The summed E-state index contributed by atoms with van der Waals surface area (Å²) in [7, 11) is 2.11. The van der Waals surface area contributed by atoms with E-state index >= 15 is 0 Å². The van der Waals surface area contributed by atoms with E-state index in [1.807, 2.05) is 0 Å². The van der Waals surface area contributed by atoms with Crippen LogP contribution in [0.25, 0.3) is 0 Å². The number of aryl methyl sites for hydroxylation is 1. The van der Waals surface area contributed by atoms with E-state index in [1.54, 1.807) is 0 Å². The first-order valence-electron chi connectivity index (χ1n) is 7.46. The molecule has 1 aliphatic carbocycles. The van der Waals surface area contributed by atoms with Crippen molar-refractivity contribution in [2.75, 3.05) is 7.05 Å². The van der Waals surface area contributed by atoms with E-state index in [2.05, 4.69) is 49.2 Å². The number of hydrogen-bond donors (Lipinski definition) is 0. The molecule has 1 fully saturated rings. The fourth-order valence-electron chi connectivity index (χ4n) is 3.04.